The smallest absolute Gasteiger partial charge is 0.135 e. The van der Waals surface area contributed by atoms with E-state index in [0.29, 0.717) is 11.7 Å². The van der Waals surface area contributed by atoms with Crippen LogP contribution in [-0.4, -0.2) is 5.78 Å². The molecule has 1 aliphatic carbocycles. The molecule has 0 aliphatic heterocycles. The van der Waals surface area contributed by atoms with Crippen molar-refractivity contribution in [3.63, 3.8) is 0 Å². The van der Waals surface area contributed by atoms with Gasteiger partial charge in [0, 0.05) is 12.3 Å². The summed E-state index contributed by atoms with van der Waals surface area (Å²) in [6.45, 7) is 4.36. The van der Waals surface area contributed by atoms with Gasteiger partial charge in [-0.3, -0.25) is 4.79 Å². The van der Waals surface area contributed by atoms with Gasteiger partial charge in [0.15, 0.2) is 0 Å². The van der Waals surface area contributed by atoms with Crippen LogP contribution in [0.15, 0.2) is 0 Å². The van der Waals surface area contributed by atoms with Gasteiger partial charge in [-0.2, -0.15) is 0 Å². The van der Waals surface area contributed by atoms with Crippen molar-refractivity contribution in [1.82, 2.24) is 0 Å². The fourth-order valence-electron chi connectivity index (χ4n) is 1.72. The number of rotatable bonds is 1. The summed E-state index contributed by atoms with van der Waals surface area (Å²) < 4.78 is 0. The second kappa shape index (κ2) is 3.18. The van der Waals surface area contributed by atoms with Crippen LogP contribution in [0.5, 0.6) is 0 Å². The molecule has 1 saturated carbocycles. The third-order valence-corrected chi connectivity index (χ3v) is 2.52. The van der Waals surface area contributed by atoms with Gasteiger partial charge in [0.1, 0.15) is 5.78 Å². The van der Waals surface area contributed by atoms with E-state index in [2.05, 4.69) is 13.8 Å². The van der Waals surface area contributed by atoms with Crippen molar-refractivity contribution in [3.8, 4) is 0 Å². The first kappa shape index (κ1) is 7.77. The van der Waals surface area contributed by atoms with E-state index in [0.717, 1.165) is 31.6 Å². The van der Waals surface area contributed by atoms with Crippen LogP contribution in [0.25, 0.3) is 0 Å². The van der Waals surface area contributed by atoms with Crippen LogP contribution in [0.1, 0.15) is 39.5 Å². The lowest BCUT2D eigenvalue weighted by Gasteiger charge is -2.24. The number of ketones is 1. The van der Waals surface area contributed by atoms with Gasteiger partial charge >= 0.3 is 0 Å². The highest BCUT2D eigenvalue weighted by molar-refractivity contribution is 5.81. The summed E-state index contributed by atoms with van der Waals surface area (Å²) in [6, 6.07) is 0. The van der Waals surface area contributed by atoms with Gasteiger partial charge in [-0.15, -0.1) is 0 Å². The maximum absolute atomic E-state index is 11.2. The minimum Gasteiger partial charge on any atom is -0.299 e. The quantitative estimate of drug-likeness (QED) is 0.546. The van der Waals surface area contributed by atoms with Gasteiger partial charge in [-0.05, 0) is 25.2 Å². The summed E-state index contributed by atoms with van der Waals surface area (Å²) in [5.41, 5.74) is 0. The monoisotopic (exact) mass is 140 g/mol. The molecule has 1 heteroatoms. The summed E-state index contributed by atoms with van der Waals surface area (Å²) in [5.74, 6) is 1.67. The van der Waals surface area contributed by atoms with E-state index in [1.165, 1.54) is 0 Å². The molecule has 0 saturated heterocycles. The lowest BCUT2D eigenvalue weighted by Crippen LogP contribution is -2.22. The molecule has 0 heterocycles. The van der Waals surface area contributed by atoms with E-state index >= 15 is 0 Å². The Balaban J connectivity index is 2.45. The number of hydrogen-bond acceptors (Lipinski definition) is 1. The molecule has 1 aliphatic rings. The van der Waals surface area contributed by atoms with Gasteiger partial charge in [-0.25, -0.2) is 0 Å². The Morgan fingerprint density at radius 2 is 2.30 bits per heavy atom. The predicted molar refractivity (Wildman–Crippen MR) is 41.8 cm³/mol. The Bertz CT molecular complexity index is 129. The van der Waals surface area contributed by atoms with Gasteiger partial charge in [-0.1, -0.05) is 13.8 Å². The average Bonchev–Trinajstić information content (AvgIpc) is 1.94. The van der Waals surface area contributed by atoms with Crippen molar-refractivity contribution in [3.05, 3.63) is 0 Å². The maximum Gasteiger partial charge on any atom is 0.135 e. The molecule has 0 unspecified atom stereocenters. The third kappa shape index (κ3) is 1.59. The summed E-state index contributed by atoms with van der Waals surface area (Å²) in [6.07, 6.45) is 4.13. The molecule has 1 rings (SSSR count). The zero-order valence-electron chi connectivity index (χ0n) is 6.89. The van der Waals surface area contributed by atoms with Gasteiger partial charge in [0.05, 0.1) is 0 Å². The molecule has 0 aromatic heterocycles. The number of hydrogen-bond donors (Lipinski definition) is 0. The third-order valence-electron chi connectivity index (χ3n) is 2.52. The van der Waals surface area contributed by atoms with Gasteiger partial charge in [0.2, 0.25) is 0 Å². The van der Waals surface area contributed by atoms with Crippen LogP contribution in [0.2, 0.25) is 0 Å². The molecule has 1 fully saturated rings. The molecule has 0 aromatic rings. The van der Waals surface area contributed by atoms with Crippen LogP contribution < -0.4 is 0 Å². The highest BCUT2D eigenvalue weighted by Gasteiger charge is 2.24. The van der Waals surface area contributed by atoms with E-state index in [-0.39, 0.29) is 0 Å². The number of carbonyl (C=O) groups is 1. The predicted octanol–water partition coefficient (Wildman–Crippen LogP) is 2.40. The van der Waals surface area contributed by atoms with Crippen LogP contribution >= 0.6 is 0 Å². The molecule has 58 valence electrons. The lowest BCUT2D eigenvalue weighted by molar-refractivity contribution is -0.125. The molecule has 1 nitrogen and oxygen atoms in total. The Labute approximate surface area is 62.8 Å². The molecule has 0 bridgehead atoms. The van der Waals surface area contributed by atoms with Crippen molar-refractivity contribution < 1.29 is 4.79 Å². The van der Waals surface area contributed by atoms with Gasteiger partial charge in [0.25, 0.3) is 0 Å². The van der Waals surface area contributed by atoms with Crippen molar-refractivity contribution in [2.24, 2.45) is 11.8 Å². The van der Waals surface area contributed by atoms with E-state index in [1.807, 2.05) is 0 Å². The van der Waals surface area contributed by atoms with Crippen LogP contribution in [0.3, 0.4) is 0 Å². The maximum atomic E-state index is 11.2. The first-order valence-corrected chi connectivity index (χ1v) is 4.26. The molecule has 0 N–H and O–H groups in total. The van der Waals surface area contributed by atoms with Crippen LogP contribution in [0, 0.1) is 11.8 Å². The van der Waals surface area contributed by atoms with E-state index in [9.17, 15) is 4.79 Å². The van der Waals surface area contributed by atoms with Crippen molar-refractivity contribution in [2.75, 3.05) is 0 Å². The molecule has 0 radical (unpaired) electrons. The fraction of sp³-hybridized carbons (Fsp3) is 0.889. The molecular weight excluding hydrogens is 124 g/mol. The zero-order valence-corrected chi connectivity index (χ0v) is 6.89. The summed E-state index contributed by atoms with van der Waals surface area (Å²) in [7, 11) is 0. The topological polar surface area (TPSA) is 17.1 Å². The molecule has 10 heavy (non-hydrogen) atoms. The zero-order chi connectivity index (χ0) is 7.56. The molecule has 0 amide bonds. The number of Topliss-reactive ketones (excluding diaryl/α,β-unsaturated/α-hetero) is 1. The van der Waals surface area contributed by atoms with Crippen molar-refractivity contribution in [2.45, 2.75) is 39.5 Å². The number of carbonyl (C=O) groups excluding carboxylic acids is 1. The lowest BCUT2D eigenvalue weighted by atomic mass is 9.80. The van der Waals surface area contributed by atoms with E-state index < -0.39 is 0 Å². The highest BCUT2D eigenvalue weighted by Crippen LogP contribution is 2.27. The molecule has 0 aromatic carbocycles. The minimum atomic E-state index is 0.392. The molecule has 2 atom stereocenters. The normalized spacial score (nSPS) is 34.4. The van der Waals surface area contributed by atoms with Crippen molar-refractivity contribution >= 4 is 5.78 Å². The Morgan fingerprint density at radius 1 is 1.60 bits per heavy atom. The van der Waals surface area contributed by atoms with Crippen LogP contribution in [-0.2, 0) is 4.79 Å². The summed E-state index contributed by atoms with van der Waals surface area (Å²) in [5, 5.41) is 0. The van der Waals surface area contributed by atoms with E-state index in [1.54, 1.807) is 0 Å². The van der Waals surface area contributed by atoms with E-state index in [4.69, 9.17) is 0 Å². The summed E-state index contributed by atoms with van der Waals surface area (Å²) in [4.78, 5) is 11.2. The Hall–Kier alpha value is -0.330. The second-order valence-corrected chi connectivity index (χ2v) is 3.45. The van der Waals surface area contributed by atoms with Crippen molar-refractivity contribution in [1.29, 1.82) is 0 Å². The highest BCUT2D eigenvalue weighted by atomic mass is 16.1. The van der Waals surface area contributed by atoms with Crippen LogP contribution in [0.4, 0.5) is 0 Å². The largest absolute Gasteiger partial charge is 0.299 e. The molecule has 0 spiro atoms. The summed E-state index contributed by atoms with van der Waals surface area (Å²) >= 11 is 0. The minimum absolute atomic E-state index is 0.392. The fourth-order valence-corrected chi connectivity index (χ4v) is 1.72. The standard InChI is InChI=1S/C9H16O/c1-3-8-6-7(2)4-5-9(8)10/h7-8H,3-6H2,1-2H3/t7-,8+/m1/s1. The SMILES string of the molecule is CC[C@H]1C[C@H](C)CCC1=O. The first-order valence-electron chi connectivity index (χ1n) is 4.26. The Morgan fingerprint density at radius 3 is 2.80 bits per heavy atom. The van der Waals surface area contributed by atoms with Gasteiger partial charge < -0.3 is 0 Å². The first-order chi connectivity index (χ1) is 4.74. The second-order valence-electron chi connectivity index (χ2n) is 3.45. The molecular formula is C9H16O. The average molecular weight is 140 g/mol. The Kier molecular flexibility index (Phi) is 2.47.